The third-order valence-corrected chi connectivity index (χ3v) is 4.74. The summed E-state index contributed by atoms with van der Waals surface area (Å²) in [4.78, 5) is 4.56. The van der Waals surface area contributed by atoms with Gasteiger partial charge in [-0.2, -0.15) is 0 Å². The van der Waals surface area contributed by atoms with Gasteiger partial charge in [-0.3, -0.25) is 0 Å². The van der Waals surface area contributed by atoms with Gasteiger partial charge in [-0.25, -0.2) is 4.98 Å². The average molecular weight is 333 g/mol. The number of oxime groups is 1. The summed E-state index contributed by atoms with van der Waals surface area (Å²) >= 11 is 1.71. The Morgan fingerprint density at radius 2 is 2.22 bits per heavy atom. The Labute approximate surface area is 140 Å². The second-order valence-electron chi connectivity index (χ2n) is 5.43. The molecule has 0 bridgehead atoms. The number of aryl methyl sites for hydroxylation is 3. The minimum absolute atomic E-state index is 0.583. The van der Waals surface area contributed by atoms with E-state index in [1.54, 1.807) is 11.3 Å². The number of hydrogen-bond donors (Lipinski definition) is 2. The van der Waals surface area contributed by atoms with E-state index in [1.165, 1.54) is 11.2 Å². The van der Waals surface area contributed by atoms with Gasteiger partial charge in [0.15, 0.2) is 0 Å². The maximum absolute atomic E-state index is 8.76. The lowest BCUT2D eigenvalue weighted by molar-refractivity contribution is 0.306. The average Bonchev–Trinajstić information content (AvgIpc) is 2.98. The molecule has 1 aromatic heterocycles. The lowest BCUT2D eigenvalue weighted by Crippen LogP contribution is -2.06. The van der Waals surface area contributed by atoms with Crippen molar-refractivity contribution >= 4 is 23.2 Å². The molecule has 5 nitrogen and oxygen atoms in total. The molecule has 124 valence electrons. The van der Waals surface area contributed by atoms with Crippen LogP contribution >= 0.6 is 11.3 Å². The normalized spacial score (nSPS) is 11.3. The third kappa shape index (κ3) is 4.22. The highest BCUT2D eigenvalue weighted by Crippen LogP contribution is 2.30. The van der Waals surface area contributed by atoms with Crippen LogP contribution in [0.4, 0.5) is 5.69 Å². The van der Waals surface area contributed by atoms with Crippen LogP contribution in [0.5, 0.6) is 5.75 Å². The molecule has 3 N–H and O–H groups in total. The van der Waals surface area contributed by atoms with E-state index in [4.69, 9.17) is 15.7 Å². The Morgan fingerprint density at radius 3 is 2.87 bits per heavy atom. The molecule has 0 aliphatic rings. The van der Waals surface area contributed by atoms with E-state index < -0.39 is 0 Å². The third-order valence-electron chi connectivity index (χ3n) is 3.70. The quantitative estimate of drug-likeness (QED) is 0.266. The van der Waals surface area contributed by atoms with E-state index in [9.17, 15) is 0 Å². The first-order valence-electron chi connectivity index (χ1n) is 7.70. The van der Waals surface area contributed by atoms with Crippen LogP contribution in [0.15, 0.2) is 16.6 Å². The number of aromatic nitrogens is 1. The van der Waals surface area contributed by atoms with Crippen molar-refractivity contribution in [3.8, 4) is 5.75 Å². The first-order valence-corrected chi connectivity index (χ1v) is 8.58. The van der Waals surface area contributed by atoms with Crippen molar-refractivity contribution in [3.63, 3.8) is 0 Å². The topological polar surface area (TPSA) is 80.7 Å². The summed E-state index contributed by atoms with van der Waals surface area (Å²) in [5.41, 5.74) is 10.2. The highest BCUT2D eigenvalue weighted by molar-refractivity contribution is 7.09. The Bertz CT molecular complexity index is 695. The van der Waals surface area contributed by atoms with E-state index in [0.29, 0.717) is 17.9 Å². The number of nitrogens with zero attached hydrogens (tertiary/aromatic N) is 2. The number of anilines is 1. The molecule has 2 aromatic rings. The molecule has 23 heavy (non-hydrogen) atoms. The summed E-state index contributed by atoms with van der Waals surface area (Å²) in [5.74, 6) is 0.807. The van der Waals surface area contributed by atoms with Crippen LogP contribution in [0.1, 0.15) is 40.7 Å². The number of nitrogens with two attached hydrogens (primary N) is 1. The van der Waals surface area contributed by atoms with E-state index in [2.05, 4.69) is 22.4 Å². The molecule has 6 heteroatoms. The van der Waals surface area contributed by atoms with E-state index in [1.807, 2.05) is 19.9 Å². The van der Waals surface area contributed by atoms with Gasteiger partial charge in [-0.1, -0.05) is 12.1 Å². The van der Waals surface area contributed by atoms with Gasteiger partial charge in [0.2, 0.25) is 0 Å². The monoisotopic (exact) mass is 333 g/mol. The fraction of sp³-hybridized carbons (Fsp3) is 0.412. The lowest BCUT2D eigenvalue weighted by Gasteiger charge is -2.15. The van der Waals surface area contributed by atoms with Gasteiger partial charge in [0.25, 0.3) is 0 Å². The van der Waals surface area contributed by atoms with Crippen LogP contribution in [0.3, 0.4) is 0 Å². The molecule has 0 spiro atoms. The fourth-order valence-electron chi connectivity index (χ4n) is 2.52. The van der Waals surface area contributed by atoms with Crippen molar-refractivity contribution in [2.75, 3.05) is 12.3 Å². The van der Waals surface area contributed by atoms with E-state index >= 15 is 0 Å². The molecule has 0 unspecified atom stereocenters. The number of thiazole rings is 1. The van der Waals surface area contributed by atoms with Crippen molar-refractivity contribution in [1.82, 2.24) is 4.98 Å². The summed E-state index contributed by atoms with van der Waals surface area (Å²) < 4.78 is 5.94. The lowest BCUT2D eigenvalue weighted by atomic mass is 10.0. The van der Waals surface area contributed by atoms with Gasteiger partial charge >= 0.3 is 0 Å². The van der Waals surface area contributed by atoms with Crippen molar-refractivity contribution in [2.45, 2.75) is 40.0 Å². The molecule has 0 aliphatic carbocycles. The van der Waals surface area contributed by atoms with Gasteiger partial charge in [0, 0.05) is 22.2 Å². The van der Waals surface area contributed by atoms with Crippen LogP contribution in [0.25, 0.3) is 0 Å². The fourth-order valence-corrected chi connectivity index (χ4v) is 3.30. The summed E-state index contributed by atoms with van der Waals surface area (Å²) in [6.07, 6.45) is 4.15. The first kappa shape index (κ1) is 17.3. The summed E-state index contributed by atoms with van der Waals surface area (Å²) in [6.45, 7) is 6.61. The number of benzene rings is 1. The summed E-state index contributed by atoms with van der Waals surface area (Å²) in [6, 6.07) is 1.84. The number of hydrogen-bond acceptors (Lipinski definition) is 6. The number of nitrogen functional groups attached to an aromatic ring is 1. The van der Waals surface area contributed by atoms with Gasteiger partial charge < -0.3 is 15.7 Å². The van der Waals surface area contributed by atoms with Gasteiger partial charge in [-0.15, -0.1) is 11.3 Å². The number of rotatable bonds is 7. The van der Waals surface area contributed by atoms with Crippen molar-refractivity contribution in [2.24, 2.45) is 5.16 Å². The highest BCUT2D eigenvalue weighted by atomic mass is 32.1. The highest BCUT2D eigenvalue weighted by Gasteiger charge is 2.12. The Balaban J connectivity index is 1.98. The summed E-state index contributed by atoms with van der Waals surface area (Å²) in [7, 11) is 0. The maximum atomic E-state index is 8.76. The second kappa shape index (κ2) is 7.97. The molecular formula is C17H23N3O2S. The predicted octanol–water partition coefficient (Wildman–Crippen LogP) is 3.72. The molecule has 0 saturated heterocycles. The van der Waals surface area contributed by atoms with Gasteiger partial charge in [0.1, 0.15) is 5.75 Å². The molecule has 0 fully saturated rings. The minimum Gasteiger partial charge on any atom is -0.493 e. The van der Waals surface area contributed by atoms with Crippen LogP contribution in [0, 0.1) is 13.8 Å². The van der Waals surface area contributed by atoms with Crippen molar-refractivity contribution in [3.05, 3.63) is 38.8 Å². The molecule has 0 atom stereocenters. The Hall–Kier alpha value is -2.08. The largest absolute Gasteiger partial charge is 0.493 e. The first-order chi connectivity index (χ1) is 11.1. The van der Waals surface area contributed by atoms with Gasteiger partial charge in [0.05, 0.1) is 23.5 Å². The molecule has 0 saturated carbocycles. The maximum Gasteiger partial charge on any atom is 0.125 e. The Morgan fingerprint density at radius 1 is 1.43 bits per heavy atom. The zero-order chi connectivity index (χ0) is 16.8. The standard InChI is InChI=1S/C17H23N3O2S/c1-4-16-20-13(10-23-16)6-5-7-22-17-11(2)8-15(18)14(9-19-21)12(17)3/h8-10,21H,4-7,18H2,1-3H3. The molecule has 2 rings (SSSR count). The molecule has 0 radical (unpaired) electrons. The molecular weight excluding hydrogens is 310 g/mol. The molecule has 1 heterocycles. The SMILES string of the molecule is CCc1nc(CCCOc2c(C)cc(N)c(C=NO)c2C)cs1. The van der Waals surface area contributed by atoms with Crippen molar-refractivity contribution < 1.29 is 9.94 Å². The second-order valence-corrected chi connectivity index (χ2v) is 6.38. The van der Waals surface area contributed by atoms with E-state index in [0.717, 1.165) is 41.8 Å². The minimum atomic E-state index is 0.583. The zero-order valence-corrected chi connectivity index (χ0v) is 14.6. The van der Waals surface area contributed by atoms with Gasteiger partial charge in [-0.05, 0) is 44.7 Å². The van der Waals surface area contributed by atoms with Crippen LogP contribution in [-0.4, -0.2) is 23.0 Å². The predicted molar refractivity (Wildman–Crippen MR) is 95.0 cm³/mol. The summed E-state index contributed by atoms with van der Waals surface area (Å²) in [5, 5.41) is 15.1. The zero-order valence-electron chi connectivity index (χ0n) is 13.8. The van der Waals surface area contributed by atoms with E-state index in [-0.39, 0.29) is 0 Å². The van der Waals surface area contributed by atoms with Crippen LogP contribution < -0.4 is 10.5 Å². The van der Waals surface area contributed by atoms with Crippen molar-refractivity contribution in [1.29, 1.82) is 0 Å². The smallest absolute Gasteiger partial charge is 0.125 e. The van der Waals surface area contributed by atoms with Crippen LogP contribution in [0.2, 0.25) is 0 Å². The number of ether oxygens (including phenoxy) is 1. The molecule has 0 amide bonds. The van der Waals surface area contributed by atoms with Crippen LogP contribution in [-0.2, 0) is 12.8 Å². The molecule has 0 aliphatic heterocycles. The molecule has 1 aromatic carbocycles. The Kier molecular flexibility index (Phi) is 5.98.